The molecule has 1 amide bonds. The molecule has 7 nitrogen and oxygen atoms in total. The van der Waals surface area contributed by atoms with Crippen LogP contribution in [-0.4, -0.2) is 26.1 Å². The van der Waals surface area contributed by atoms with Crippen molar-refractivity contribution in [1.82, 2.24) is 25.5 Å². The van der Waals surface area contributed by atoms with Crippen molar-refractivity contribution >= 4 is 17.7 Å². The topological polar surface area (TPSA) is 92.8 Å². The number of amides is 1. The van der Waals surface area contributed by atoms with Crippen molar-refractivity contribution in [2.75, 3.05) is 0 Å². The Kier molecular flexibility index (Phi) is 6.53. The molecule has 4 rings (SSSR count). The molecule has 0 unspecified atom stereocenters. The summed E-state index contributed by atoms with van der Waals surface area (Å²) in [6.07, 6.45) is 3.05. The van der Waals surface area contributed by atoms with Gasteiger partial charge in [0.25, 0.3) is 5.91 Å². The lowest BCUT2D eigenvalue weighted by atomic mass is 10.1. The Hall–Kier alpha value is -3.72. The lowest BCUT2D eigenvalue weighted by Gasteiger charge is -2.10. The van der Waals surface area contributed by atoms with Gasteiger partial charge in [-0.25, -0.2) is 14.4 Å². The van der Waals surface area contributed by atoms with Gasteiger partial charge in [0, 0.05) is 30.1 Å². The number of rotatable bonds is 8. The van der Waals surface area contributed by atoms with Crippen LogP contribution >= 0.6 is 11.8 Å². The van der Waals surface area contributed by atoms with Crippen LogP contribution in [0.3, 0.4) is 0 Å². The third-order valence-electron chi connectivity index (χ3n) is 4.31. The third-order valence-corrected chi connectivity index (χ3v) is 5.23. The molecule has 31 heavy (non-hydrogen) atoms. The number of hydrogen-bond donors (Lipinski definition) is 2. The molecule has 0 aliphatic heterocycles. The van der Waals surface area contributed by atoms with Crippen LogP contribution < -0.4 is 10.1 Å². The minimum absolute atomic E-state index is 0.174. The average Bonchev–Trinajstić information content (AvgIpc) is 3.32. The Morgan fingerprint density at radius 2 is 1.94 bits per heavy atom. The first-order valence-corrected chi connectivity index (χ1v) is 10.4. The molecule has 2 aromatic heterocycles. The van der Waals surface area contributed by atoms with Gasteiger partial charge in [0.2, 0.25) is 5.88 Å². The molecule has 0 radical (unpaired) electrons. The second-order valence-corrected chi connectivity index (χ2v) is 7.44. The molecule has 0 saturated heterocycles. The highest BCUT2D eigenvalue weighted by Crippen LogP contribution is 2.22. The van der Waals surface area contributed by atoms with Crippen molar-refractivity contribution in [1.29, 1.82) is 0 Å². The van der Waals surface area contributed by atoms with Gasteiger partial charge in [-0.05, 0) is 47.5 Å². The number of aromatic amines is 1. The minimum atomic E-state index is -0.337. The normalized spacial score (nSPS) is 10.6. The van der Waals surface area contributed by atoms with Gasteiger partial charge in [-0.15, -0.1) is 0 Å². The van der Waals surface area contributed by atoms with Crippen molar-refractivity contribution < 1.29 is 13.9 Å². The lowest BCUT2D eigenvalue weighted by Crippen LogP contribution is -2.24. The van der Waals surface area contributed by atoms with Gasteiger partial charge >= 0.3 is 0 Å². The van der Waals surface area contributed by atoms with Gasteiger partial charge in [0.1, 0.15) is 17.9 Å². The number of aromatic nitrogens is 4. The molecule has 0 saturated carbocycles. The smallest absolute Gasteiger partial charge is 0.251 e. The fourth-order valence-corrected chi connectivity index (χ4v) is 3.58. The zero-order valence-electron chi connectivity index (χ0n) is 16.3. The maximum absolute atomic E-state index is 13.0. The van der Waals surface area contributed by atoms with Gasteiger partial charge in [-0.3, -0.25) is 9.89 Å². The second-order valence-electron chi connectivity index (χ2n) is 6.48. The maximum atomic E-state index is 13.0. The third kappa shape index (κ3) is 5.67. The molecule has 0 fully saturated rings. The molecular formula is C22H18FN5O2S. The number of pyridine rings is 1. The predicted molar refractivity (Wildman–Crippen MR) is 114 cm³/mol. The van der Waals surface area contributed by atoms with Crippen LogP contribution in [-0.2, 0) is 12.3 Å². The van der Waals surface area contributed by atoms with Gasteiger partial charge in [-0.2, -0.15) is 5.10 Å². The standard InChI is InChI=1S/C22H18FN5O2S/c23-17-5-7-18(8-6-17)30-20-11-15(9-10-24-20)12-25-21(29)19-4-2-1-3-16(19)13-31-22-26-14-27-28-22/h1-11,14H,12-13H2,(H,25,29)(H,26,27,28). The first kappa shape index (κ1) is 20.5. The predicted octanol–water partition coefficient (Wildman–Crippen LogP) is 4.35. The van der Waals surface area contributed by atoms with Crippen molar-refractivity contribution in [3.63, 3.8) is 0 Å². The molecule has 156 valence electrons. The van der Waals surface area contributed by atoms with Crippen LogP contribution in [0.5, 0.6) is 11.6 Å². The molecule has 0 atom stereocenters. The summed E-state index contributed by atoms with van der Waals surface area (Å²) in [6.45, 7) is 0.310. The summed E-state index contributed by atoms with van der Waals surface area (Å²) in [5.74, 6) is 0.919. The number of carbonyl (C=O) groups excluding carboxylic acids is 1. The van der Waals surface area contributed by atoms with E-state index in [2.05, 4.69) is 25.5 Å². The number of thioether (sulfide) groups is 1. The minimum Gasteiger partial charge on any atom is -0.439 e. The molecule has 0 aliphatic carbocycles. The van der Waals surface area contributed by atoms with E-state index >= 15 is 0 Å². The molecule has 2 heterocycles. The van der Waals surface area contributed by atoms with Gasteiger partial charge in [0.15, 0.2) is 5.16 Å². The largest absolute Gasteiger partial charge is 0.439 e. The fraction of sp³-hybridized carbons (Fsp3) is 0.0909. The van der Waals surface area contributed by atoms with E-state index < -0.39 is 0 Å². The first-order valence-electron chi connectivity index (χ1n) is 9.40. The number of hydrogen-bond acceptors (Lipinski definition) is 6. The SMILES string of the molecule is O=C(NCc1ccnc(Oc2ccc(F)cc2)c1)c1ccccc1CSc1ncn[nH]1. The maximum Gasteiger partial charge on any atom is 0.251 e. The van der Waals surface area contributed by atoms with E-state index in [-0.39, 0.29) is 11.7 Å². The number of carbonyl (C=O) groups is 1. The number of nitrogens with zero attached hydrogens (tertiary/aromatic N) is 3. The van der Waals surface area contributed by atoms with Crippen LogP contribution in [0, 0.1) is 5.82 Å². The summed E-state index contributed by atoms with van der Waals surface area (Å²) in [5, 5.41) is 10.2. The van der Waals surface area contributed by atoms with E-state index in [1.807, 2.05) is 18.2 Å². The van der Waals surface area contributed by atoms with E-state index in [0.29, 0.717) is 34.6 Å². The van der Waals surface area contributed by atoms with E-state index in [4.69, 9.17) is 4.74 Å². The Morgan fingerprint density at radius 3 is 2.74 bits per heavy atom. The zero-order valence-corrected chi connectivity index (χ0v) is 17.1. The summed E-state index contributed by atoms with van der Waals surface area (Å²) >= 11 is 1.47. The van der Waals surface area contributed by atoms with Crippen molar-refractivity contribution in [3.05, 3.63) is 95.7 Å². The first-order chi connectivity index (χ1) is 15.2. The molecule has 4 aromatic rings. The van der Waals surface area contributed by atoms with E-state index in [9.17, 15) is 9.18 Å². The number of nitrogens with one attached hydrogen (secondary N) is 2. The van der Waals surface area contributed by atoms with Crippen molar-refractivity contribution in [2.45, 2.75) is 17.5 Å². The van der Waals surface area contributed by atoms with Gasteiger partial charge < -0.3 is 10.1 Å². The average molecular weight is 435 g/mol. The zero-order chi connectivity index (χ0) is 21.5. The summed E-state index contributed by atoms with van der Waals surface area (Å²) in [4.78, 5) is 21.0. The summed E-state index contributed by atoms with van der Waals surface area (Å²) < 4.78 is 18.7. The van der Waals surface area contributed by atoms with E-state index in [0.717, 1.165) is 11.1 Å². The highest BCUT2D eigenvalue weighted by Gasteiger charge is 2.12. The Balaban J connectivity index is 1.38. The van der Waals surface area contributed by atoms with Crippen LogP contribution in [0.15, 0.2) is 78.3 Å². The molecule has 0 aliphatic rings. The molecule has 0 spiro atoms. The van der Waals surface area contributed by atoms with E-state index in [1.54, 1.807) is 24.4 Å². The Morgan fingerprint density at radius 1 is 1.10 bits per heavy atom. The number of benzene rings is 2. The van der Waals surface area contributed by atoms with Gasteiger partial charge in [-0.1, -0.05) is 30.0 Å². The Bertz CT molecular complexity index is 1150. The van der Waals surface area contributed by atoms with Crippen LogP contribution in [0.2, 0.25) is 0 Å². The number of halogens is 1. The van der Waals surface area contributed by atoms with Gasteiger partial charge in [0.05, 0.1) is 0 Å². The fourth-order valence-electron chi connectivity index (χ4n) is 2.79. The molecule has 2 aromatic carbocycles. The summed E-state index contributed by atoms with van der Waals surface area (Å²) in [5.41, 5.74) is 2.33. The van der Waals surface area contributed by atoms with Crippen molar-refractivity contribution in [2.24, 2.45) is 0 Å². The molecule has 0 bridgehead atoms. The monoisotopic (exact) mass is 435 g/mol. The van der Waals surface area contributed by atoms with Crippen LogP contribution in [0.4, 0.5) is 4.39 Å². The molecular weight excluding hydrogens is 417 g/mol. The summed E-state index contributed by atoms with van der Waals surface area (Å²) in [7, 11) is 0. The highest BCUT2D eigenvalue weighted by molar-refractivity contribution is 7.98. The Labute approximate surface area is 182 Å². The van der Waals surface area contributed by atoms with Crippen LogP contribution in [0.1, 0.15) is 21.5 Å². The quantitative estimate of drug-likeness (QED) is 0.400. The van der Waals surface area contributed by atoms with Crippen molar-refractivity contribution in [3.8, 4) is 11.6 Å². The second kappa shape index (κ2) is 9.86. The highest BCUT2D eigenvalue weighted by atomic mass is 32.2. The number of ether oxygens (including phenoxy) is 1. The summed E-state index contributed by atoms with van der Waals surface area (Å²) in [6, 6.07) is 16.7. The lowest BCUT2D eigenvalue weighted by molar-refractivity contribution is 0.0950. The molecule has 9 heteroatoms. The van der Waals surface area contributed by atoms with Crippen LogP contribution in [0.25, 0.3) is 0 Å². The molecule has 2 N–H and O–H groups in total. The number of H-pyrrole nitrogens is 1. The van der Waals surface area contributed by atoms with E-state index in [1.165, 1.54) is 42.4 Å².